The quantitative estimate of drug-likeness (QED) is 0.466. The first-order valence-electron chi connectivity index (χ1n) is 8.24. The van der Waals surface area contributed by atoms with Crippen LogP contribution in [-0.2, 0) is 26.2 Å². The van der Waals surface area contributed by atoms with Crippen molar-refractivity contribution in [2.45, 2.75) is 81.6 Å². The van der Waals surface area contributed by atoms with Crippen LogP contribution < -0.4 is 0 Å². The van der Waals surface area contributed by atoms with E-state index in [1.165, 1.54) is 0 Å². The summed E-state index contributed by atoms with van der Waals surface area (Å²) in [6.07, 6.45) is 0. The van der Waals surface area contributed by atoms with Crippen LogP contribution in [0.5, 0.6) is 0 Å². The average Bonchev–Trinajstić information content (AvgIpc) is 2.40. The zero-order valence-corrected chi connectivity index (χ0v) is 25.4. The summed E-state index contributed by atoms with van der Waals surface area (Å²) >= 11 is 0. The summed E-state index contributed by atoms with van der Waals surface area (Å²) in [5, 5.41) is 0. The predicted molar refractivity (Wildman–Crippen MR) is 116 cm³/mol. The minimum absolute atomic E-state index is 0. The van der Waals surface area contributed by atoms with E-state index in [1.807, 2.05) is 0 Å². The molecule has 0 atom stereocenters. The molecule has 0 aliphatic heterocycles. The van der Waals surface area contributed by atoms with Crippen molar-refractivity contribution in [3.63, 3.8) is 0 Å². The third-order valence-corrected chi connectivity index (χ3v) is 8.49. The first-order chi connectivity index (χ1) is 9.08. The number of hydrogen-bond acceptors (Lipinski definition) is 0. The Morgan fingerprint density at radius 1 is 0.381 bits per heavy atom. The Labute approximate surface area is 167 Å². The van der Waals surface area contributed by atoms with Gasteiger partial charge in [-0.2, -0.15) is 55.4 Å². The fourth-order valence-electron chi connectivity index (χ4n) is 0. The third-order valence-electron chi connectivity index (χ3n) is 2.83. The molecule has 0 aliphatic rings. The summed E-state index contributed by atoms with van der Waals surface area (Å²) in [5.41, 5.74) is 6.57. The summed E-state index contributed by atoms with van der Waals surface area (Å²) in [5.74, 6) is 0. The SMILES string of the molecule is C[SiH2][C-](C)C.C[SiH2][C-](C)C.C[SiH2][C-](C)C.C[SiH2][C-](C)C.[Zr+4]. The van der Waals surface area contributed by atoms with Gasteiger partial charge >= 0.3 is 26.2 Å². The summed E-state index contributed by atoms with van der Waals surface area (Å²) in [7, 11) is 1.06. The molecule has 0 N–H and O–H groups in total. The zero-order valence-electron chi connectivity index (χ0n) is 17.3. The second-order valence-corrected chi connectivity index (χ2v) is 14.7. The molecule has 0 heterocycles. The van der Waals surface area contributed by atoms with Crippen molar-refractivity contribution in [3.8, 4) is 0 Å². The van der Waals surface area contributed by atoms with Crippen molar-refractivity contribution in [2.24, 2.45) is 0 Å². The zero-order chi connectivity index (χ0) is 17.1. The van der Waals surface area contributed by atoms with Crippen molar-refractivity contribution >= 4 is 38.1 Å². The minimum atomic E-state index is 0. The van der Waals surface area contributed by atoms with E-state index >= 15 is 0 Å². The molecular formula is C16H44Si4Zr. The van der Waals surface area contributed by atoms with Gasteiger partial charge in [0.15, 0.2) is 0 Å². The molecule has 0 spiro atoms. The van der Waals surface area contributed by atoms with Crippen LogP contribution in [0.3, 0.4) is 0 Å². The Morgan fingerprint density at radius 3 is 0.429 bits per heavy atom. The van der Waals surface area contributed by atoms with E-state index in [1.54, 1.807) is 22.2 Å². The maximum atomic E-state index is 2.30. The standard InChI is InChI=1S/4C4H11Si.Zr/c4*1-4(2)5-3;/h4*5H2,1-3H3;/q4*-1;+4. The predicted octanol–water partition coefficient (Wildman–Crippen LogP) is 3.10. The molecule has 5 heteroatoms. The largest absolute Gasteiger partial charge is 4.00 e. The molecule has 0 fully saturated rings. The maximum Gasteiger partial charge on any atom is 4.00 e. The van der Waals surface area contributed by atoms with Crippen LogP contribution in [0.4, 0.5) is 0 Å². The van der Waals surface area contributed by atoms with Crippen LogP contribution in [0.15, 0.2) is 0 Å². The second kappa shape index (κ2) is 29.7. The van der Waals surface area contributed by atoms with E-state index < -0.39 is 0 Å². The van der Waals surface area contributed by atoms with E-state index in [0.29, 0.717) is 0 Å². The Bertz CT molecular complexity index is 108. The van der Waals surface area contributed by atoms with E-state index in [-0.39, 0.29) is 64.3 Å². The van der Waals surface area contributed by atoms with Crippen LogP contribution >= 0.6 is 0 Å². The Kier molecular flexibility index (Phi) is 48.4. The first kappa shape index (κ1) is 34.2. The van der Waals surface area contributed by atoms with Gasteiger partial charge in [-0.3, -0.25) is 0 Å². The average molecular weight is 440 g/mol. The molecule has 0 saturated heterocycles. The minimum Gasteiger partial charge on any atom is -0.324 e. The van der Waals surface area contributed by atoms with E-state index in [2.05, 4.69) is 81.6 Å². The fourth-order valence-corrected chi connectivity index (χ4v) is 0. The van der Waals surface area contributed by atoms with Crippen LogP contribution in [0.25, 0.3) is 0 Å². The van der Waals surface area contributed by atoms with Gasteiger partial charge in [-0.05, 0) is 0 Å². The van der Waals surface area contributed by atoms with Gasteiger partial charge in [-0.15, -0.1) is 64.3 Å². The maximum absolute atomic E-state index is 2.30. The normalized spacial score (nSPS) is 11.4. The smallest absolute Gasteiger partial charge is 0.324 e. The molecule has 0 unspecified atom stereocenters. The Balaban J connectivity index is -0.0000000533. The van der Waals surface area contributed by atoms with Gasteiger partial charge in [0.05, 0.1) is 0 Å². The summed E-state index contributed by atoms with van der Waals surface area (Å²) in [4.78, 5) is 0. The van der Waals surface area contributed by atoms with Gasteiger partial charge in [-0.1, -0.05) is 0 Å². The molecule has 0 amide bonds. The molecule has 0 bridgehead atoms. The van der Waals surface area contributed by atoms with Gasteiger partial charge in [0.25, 0.3) is 0 Å². The molecule has 0 radical (unpaired) electrons. The Morgan fingerprint density at radius 2 is 0.429 bits per heavy atom. The topological polar surface area (TPSA) is 0 Å². The third kappa shape index (κ3) is 89.2. The monoisotopic (exact) mass is 438 g/mol. The molecule has 0 nitrogen and oxygen atoms in total. The van der Waals surface area contributed by atoms with Crippen molar-refractivity contribution in [1.82, 2.24) is 0 Å². The Hall–Kier alpha value is 1.75. The van der Waals surface area contributed by atoms with Crippen molar-refractivity contribution < 1.29 is 26.2 Å². The van der Waals surface area contributed by atoms with Crippen LogP contribution in [0.2, 0.25) is 26.2 Å². The molecule has 0 aromatic rings. The van der Waals surface area contributed by atoms with Crippen molar-refractivity contribution in [3.05, 3.63) is 22.2 Å². The van der Waals surface area contributed by atoms with Gasteiger partial charge in [-0.25, -0.2) is 0 Å². The molecule has 0 rings (SSSR count). The first-order valence-corrected chi connectivity index (χ1v) is 16.7. The van der Waals surface area contributed by atoms with Crippen molar-refractivity contribution in [1.29, 1.82) is 0 Å². The van der Waals surface area contributed by atoms with Crippen LogP contribution in [0, 0.1) is 22.2 Å². The fraction of sp³-hybridized carbons (Fsp3) is 0.750. The number of hydrogen-bond donors (Lipinski definition) is 0. The molecule has 0 saturated carbocycles. The van der Waals surface area contributed by atoms with E-state index in [9.17, 15) is 0 Å². The van der Waals surface area contributed by atoms with Crippen LogP contribution in [-0.4, -0.2) is 38.1 Å². The van der Waals surface area contributed by atoms with Crippen LogP contribution in [0.1, 0.15) is 55.4 Å². The van der Waals surface area contributed by atoms with Gasteiger partial charge in [0, 0.05) is 0 Å². The van der Waals surface area contributed by atoms with Gasteiger partial charge in [0.1, 0.15) is 0 Å². The summed E-state index contributed by atoms with van der Waals surface area (Å²) in [6, 6.07) is 0. The van der Waals surface area contributed by atoms with Gasteiger partial charge < -0.3 is 22.2 Å². The molecule has 0 aromatic heterocycles. The molecule has 128 valence electrons. The van der Waals surface area contributed by atoms with E-state index in [0.717, 1.165) is 0 Å². The molecule has 21 heavy (non-hydrogen) atoms. The molecular weight excluding hydrogens is 396 g/mol. The second-order valence-electron chi connectivity index (χ2n) is 6.24. The summed E-state index contributed by atoms with van der Waals surface area (Å²) in [6.45, 7) is 26.8. The van der Waals surface area contributed by atoms with E-state index in [4.69, 9.17) is 0 Å². The molecule has 0 aliphatic carbocycles. The summed E-state index contributed by atoms with van der Waals surface area (Å²) < 4.78 is 0. The van der Waals surface area contributed by atoms with Crippen molar-refractivity contribution in [2.75, 3.05) is 0 Å². The molecule has 0 aromatic carbocycles. The number of rotatable bonds is 4. The van der Waals surface area contributed by atoms with Gasteiger partial charge in [0.2, 0.25) is 0 Å².